The molecule has 102 valence electrons. The lowest BCUT2D eigenvalue weighted by Crippen LogP contribution is -2.03. The first-order valence-electron chi connectivity index (χ1n) is 6.56. The van der Waals surface area contributed by atoms with Crippen LogP contribution < -0.4 is 0 Å². The summed E-state index contributed by atoms with van der Waals surface area (Å²) in [6, 6.07) is 0. The second kappa shape index (κ2) is 11.8. The van der Waals surface area contributed by atoms with Crippen LogP contribution in [0.25, 0.3) is 0 Å². The Morgan fingerprint density at radius 3 is 2.29 bits per heavy atom. The fourth-order valence-corrected chi connectivity index (χ4v) is 1.65. The zero-order valence-corrected chi connectivity index (χ0v) is 10.7. The van der Waals surface area contributed by atoms with Crippen molar-refractivity contribution in [3.63, 3.8) is 0 Å². The van der Waals surface area contributed by atoms with E-state index in [4.69, 9.17) is 4.74 Å². The molecule has 0 aromatic heterocycles. The van der Waals surface area contributed by atoms with Crippen LogP contribution in [0.5, 0.6) is 0 Å². The maximum atomic E-state index is 12.5. The van der Waals surface area contributed by atoms with Gasteiger partial charge in [-0.1, -0.05) is 32.1 Å². The molecule has 17 heavy (non-hydrogen) atoms. The molecule has 0 saturated carbocycles. The van der Waals surface area contributed by atoms with E-state index in [1.807, 2.05) is 0 Å². The van der Waals surface area contributed by atoms with Gasteiger partial charge in [-0.25, -0.2) is 8.78 Å². The Morgan fingerprint density at radius 2 is 1.71 bits per heavy atom. The van der Waals surface area contributed by atoms with Gasteiger partial charge in [0.05, 0.1) is 6.61 Å². The van der Waals surface area contributed by atoms with Gasteiger partial charge in [-0.2, -0.15) is 0 Å². The Hall–Kier alpha value is -0.670. The molecule has 0 radical (unpaired) electrons. The molecule has 0 aliphatic carbocycles. The van der Waals surface area contributed by atoms with Gasteiger partial charge in [0.15, 0.2) is 0 Å². The summed E-state index contributed by atoms with van der Waals surface area (Å²) in [7, 11) is 0. The van der Waals surface area contributed by atoms with E-state index in [-0.39, 0.29) is 5.97 Å². The summed E-state index contributed by atoms with van der Waals surface area (Å²) < 4.78 is 29.1. The third kappa shape index (κ3) is 11.6. The van der Waals surface area contributed by atoms with Crippen LogP contribution in [-0.2, 0) is 9.53 Å². The summed E-state index contributed by atoms with van der Waals surface area (Å²) in [4.78, 5) is 11.0. The third-order valence-electron chi connectivity index (χ3n) is 2.62. The first-order valence-corrected chi connectivity index (χ1v) is 6.56. The zero-order valence-electron chi connectivity index (χ0n) is 10.7. The highest BCUT2D eigenvalue weighted by Crippen LogP contribution is 2.11. The predicted molar refractivity (Wildman–Crippen MR) is 64.4 cm³/mol. The van der Waals surface area contributed by atoms with Gasteiger partial charge in [0.1, 0.15) is 12.8 Å². The Labute approximate surface area is 103 Å². The van der Waals surface area contributed by atoms with Crippen LogP contribution in [0.1, 0.15) is 58.3 Å². The van der Waals surface area contributed by atoms with Crippen molar-refractivity contribution in [2.45, 2.75) is 64.5 Å². The van der Waals surface area contributed by atoms with Crippen LogP contribution >= 0.6 is 0 Å². The lowest BCUT2D eigenvalue weighted by atomic mass is 10.1. The molecule has 0 N–H and O–H groups in total. The molecule has 1 atom stereocenters. The minimum Gasteiger partial charge on any atom is -0.466 e. The van der Waals surface area contributed by atoms with E-state index in [0.717, 1.165) is 38.5 Å². The number of unbranched alkanes of at least 4 members (excludes halogenated alkanes) is 5. The molecule has 0 bridgehead atoms. The third-order valence-corrected chi connectivity index (χ3v) is 2.62. The summed E-state index contributed by atoms with van der Waals surface area (Å²) in [5.41, 5.74) is 0. The molecule has 0 fully saturated rings. The molecule has 0 heterocycles. The van der Waals surface area contributed by atoms with E-state index in [2.05, 4.69) is 0 Å². The van der Waals surface area contributed by atoms with Crippen LogP contribution in [0.4, 0.5) is 8.78 Å². The SMILES string of the molecule is CCOC(=O)CCCCCCCCC(F)CF. The molecule has 2 nitrogen and oxygen atoms in total. The Bertz CT molecular complexity index is 186. The van der Waals surface area contributed by atoms with E-state index in [9.17, 15) is 13.6 Å². The lowest BCUT2D eigenvalue weighted by Gasteiger charge is -2.04. The number of hydrogen-bond donors (Lipinski definition) is 0. The molecule has 0 aromatic rings. The summed E-state index contributed by atoms with van der Waals surface area (Å²) in [5, 5.41) is 0. The number of carbonyl (C=O) groups excluding carboxylic acids is 1. The molecule has 0 spiro atoms. The highest BCUT2D eigenvalue weighted by molar-refractivity contribution is 5.69. The topological polar surface area (TPSA) is 26.3 Å². The second-order valence-corrected chi connectivity index (χ2v) is 4.22. The molecule has 0 amide bonds. The number of ether oxygens (including phenoxy) is 1. The van der Waals surface area contributed by atoms with Gasteiger partial charge >= 0.3 is 5.97 Å². The van der Waals surface area contributed by atoms with Gasteiger partial charge in [-0.15, -0.1) is 0 Å². The highest BCUT2D eigenvalue weighted by Gasteiger charge is 2.04. The maximum Gasteiger partial charge on any atom is 0.305 e. The van der Waals surface area contributed by atoms with Crippen molar-refractivity contribution in [1.82, 2.24) is 0 Å². The van der Waals surface area contributed by atoms with Gasteiger partial charge in [0.25, 0.3) is 0 Å². The monoisotopic (exact) mass is 250 g/mol. The molecule has 0 saturated heterocycles. The van der Waals surface area contributed by atoms with Crippen molar-refractivity contribution in [3.8, 4) is 0 Å². The number of hydrogen-bond acceptors (Lipinski definition) is 2. The van der Waals surface area contributed by atoms with Gasteiger partial charge in [0.2, 0.25) is 0 Å². The molecule has 0 rings (SSSR count). The normalized spacial score (nSPS) is 12.4. The smallest absolute Gasteiger partial charge is 0.305 e. The summed E-state index contributed by atoms with van der Waals surface area (Å²) in [5.74, 6) is -0.129. The van der Waals surface area contributed by atoms with Gasteiger partial charge in [-0.05, 0) is 19.8 Å². The van der Waals surface area contributed by atoms with Crippen LogP contribution in [0.2, 0.25) is 0 Å². The number of carbonyl (C=O) groups is 1. The molecule has 0 aliphatic rings. The van der Waals surface area contributed by atoms with Crippen LogP contribution in [0.15, 0.2) is 0 Å². The molecular formula is C13H24F2O2. The highest BCUT2D eigenvalue weighted by atomic mass is 19.2. The Balaban J connectivity index is 3.11. The molecule has 0 aromatic carbocycles. The van der Waals surface area contributed by atoms with E-state index in [1.165, 1.54) is 0 Å². The fourth-order valence-electron chi connectivity index (χ4n) is 1.65. The molecule has 1 unspecified atom stereocenters. The number of halogens is 2. The molecular weight excluding hydrogens is 226 g/mol. The Kier molecular flexibility index (Phi) is 11.3. The molecule has 0 aliphatic heterocycles. The quantitative estimate of drug-likeness (QED) is 0.409. The van der Waals surface area contributed by atoms with Crippen molar-refractivity contribution in [2.75, 3.05) is 13.3 Å². The first kappa shape index (κ1) is 16.3. The van der Waals surface area contributed by atoms with Crippen molar-refractivity contribution in [2.24, 2.45) is 0 Å². The summed E-state index contributed by atoms with van der Waals surface area (Å²) in [6.45, 7) is 1.38. The lowest BCUT2D eigenvalue weighted by molar-refractivity contribution is -0.143. The average Bonchev–Trinajstić information content (AvgIpc) is 2.32. The number of alkyl halides is 2. The average molecular weight is 250 g/mol. The standard InChI is InChI=1S/C13H24F2O2/c1-2-17-13(16)10-8-6-4-3-5-7-9-12(15)11-14/h12H,2-11H2,1H3. The largest absolute Gasteiger partial charge is 0.466 e. The fraction of sp³-hybridized carbons (Fsp3) is 0.923. The van der Waals surface area contributed by atoms with Crippen molar-refractivity contribution < 1.29 is 18.3 Å². The number of rotatable bonds is 11. The van der Waals surface area contributed by atoms with Gasteiger partial charge in [0, 0.05) is 6.42 Å². The maximum absolute atomic E-state index is 12.5. The Morgan fingerprint density at radius 1 is 1.12 bits per heavy atom. The van der Waals surface area contributed by atoms with Crippen molar-refractivity contribution in [1.29, 1.82) is 0 Å². The van der Waals surface area contributed by atoms with E-state index in [0.29, 0.717) is 19.4 Å². The number of esters is 1. The van der Waals surface area contributed by atoms with Gasteiger partial charge in [-0.3, -0.25) is 4.79 Å². The molecule has 4 heteroatoms. The first-order chi connectivity index (χ1) is 8.20. The van der Waals surface area contributed by atoms with E-state index in [1.54, 1.807) is 6.92 Å². The minimum atomic E-state index is -1.28. The van der Waals surface area contributed by atoms with E-state index < -0.39 is 12.8 Å². The van der Waals surface area contributed by atoms with Crippen LogP contribution in [0.3, 0.4) is 0 Å². The summed E-state index contributed by atoms with van der Waals surface area (Å²) >= 11 is 0. The predicted octanol–water partition coefficient (Wildman–Crippen LogP) is 3.98. The van der Waals surface area contributed by atoms with Crippen LogP contribution in [-0.4, -0.2) is 25.4 Å². The van der Waals surface area contributed by atoms with Gasteiger partial charge < -0.3 is 4.74 Å². The van der Waals surface area contributed by atoms with Crippen molar-refractivity contribution in [3.05, 3.63) is 0 Å². The van der Waals surface area contributed by atoms with Crippen molar-refractivity contribution >= 4 is 5.97 Å². The minimum absolute atomic E-state index is 0.129. The summed E-state index contributed by atoms with van der Waals surface area (Å²) in [6.07, 6.45) is 5.17. The van der Waals surface area contributed by atoms with E-state index >= 15 is 0 Å². The zero-order chi connectivity index (χ0) is 12.9. The van der Waals surface area contributed by atoms with Crippen LogP contribution in [0, 0.1) is 0 Å². The second-order valence-electron chi connectivity index (χ2n) is 4.22.